The van der Waals surface area contributed by atoms with Gasteiger partial charge in [-0.3, -0.25) is 9.78 Å². The Labute approximate surface area is 207 Å². The van der Waals surface area contributed by atoms with Crippen molar-refractivity contribution in [2.24, 2.45) is 5.92 Å². The topological polar surface area (TPSA) is 101 Å². The first-order chi connectivity index (χ1) is 16.4. The van der Waals surface area contributed by atoms with E-state index in [1.165, 1.54) is 0 Å². The van der Waals surface area contributed by atoms with Crippen LogP contribution in [0.1, 0.15) is 37.8 Å². The van der Waals surface area contributed by atoms with Crippen molar-refractivity contribution in [1.29, 1.82) is 0 Å². The van der Waals surface area contributed by atoms with E-state index in [1.54, 1.807) is 18.0 Å². The lowest BCUT2D eigenvalue weighted by molar-refractivity contribution is -0.144. The Balaban J connectivity index is 2.09. The highest BCUT2D eigenvalue weighted by Gasteiger charge is 2.27. The van der Waals surface area contributed by atoms with Crippen LogP contribution in [0, 0.1) is 5.92 Å². The van der Waals surface area contributed by atoms with Gasteiger partial charge in [0.1, 0.15) is 12.1 Å². The molecule has 1 heterocycles. The van der Waals surface area contributed by atoms with E-state index < -0.39 is 24.0 Å². The van der Waals surface area contributed by atoms with Crippen molar-refractivity contribution in [3.63, 3.8) is 0 Å². The molecule has 1 amide bonds. The zero-order valence-electron chi connectivity index (χ0n) is 20.3. The molecule has 0 aliphatic rings. The molecule has 2 aromatic rings. The van der Waals surface area contributed by atoms with E-state index in [-0.39, 0.29) is 6.04 Å². The predicted molar refractivity (Wildman–Crippen MR) is 137 cm³/mol. The molecule has 3 N–H and O–H groups in total. The SMILES string of the molecule is CCC(C)C(COC(Cc1ccccc1)C(=O)NC(CCSC)C(=O)O)NCc1cccnc1. The molecule has 4 unspecified atom stereocenters. The third-order valence-electron chi connectivity index (χ3n) is 5.88. The van der Waals surface area contributed by atoms with Gasteiger partial charge in [-0.2, -0.15) is 11.8 Å². The van der Waals surface area contributed by atoms with E-state index in [4.69, 9.17) is 4.74 Å². The zero-order valence-corrected chi connectivity index (χ0v) is 21.1. The van der Waals surface area contributed by atoms with Crippen molar-refractivity contribution >= 4 is 23.6 Å². The van der Waals surface area contributed by atoms with Crippen molar-refractivity contribution in [2.75, 3.05) is 18.6 Å². The monoisotopic (exact) mass is 487 g/mol. The molecule has 7 nitrogen and oxygen atoms in total. The summed E-state index contributed by atoms with van der Waals surface area (Å²) >= 11 is 1.55. The maximum absolute atomic E-state index is 13.1. The molecule has 0 fully saturated rings. The highest BCUT2D eigenvalue weighted by Crippen LogP contribution is 2.13. The largest absolute Gasteiger partial charge is 0.480 e. The van der Waals surface area contributed by atoms with E-state index in [1.807, 2.05) is 54.9 Å². The highest BCUT2D eigenvalue weighted by atomic mass is 32.2. The quantitative estimate of drug-likeness (QED) is 0.333. The van der Waals surface area contributed by atoms with Crippen molar-refractivity contribution in [3.05, 3.63) is 66.0 Å². The standard InChI is InChI=1S/C26H37N3O4S/c1-4-19(2)23(28-17-21-11-8-13-27-16-21)18-33-24(15-20-9-6-5-7-10-20)25(30)29-22(26(31)32)12-14-34-3/h5-11,13,16,19,22-24,28H,4,12,14-15,17-18H2,1-3H3,(H,29,30)(H,31,32). The van der Waals surface area contributed by atoms with Crippen molar-refractivity contribution in [3.8, 4) is 0 Å². The summed E-state index contributed by atoms with van der Waals surface area (Å²) in [6, 6.07) is 12.7. The molecule has 0 saturated heterocycles. The minimum absolute atomic E-state index is 0.0306. The maximum atomic E-state index is 13.1. The number of ether oxygens (including phenoxy) is 1. The van der Waals surface area contributed by atoms with E-state index >= 15 is 0 Å². The number of carbonyl (C=O) groups is 2. The number of rotatable bonds is 16. The van der Waals surface area contributed by atoms with Crippen LogP contribution in [0.2, 0.25) is 0 Å². The second-order valence-electron chi connectivity index (χ2n) is 8.43. The molecule has 0 bridgehead atoms. The van der Waals surface area contributed by atoms with Crippen molar-refractivity contribution in [2.45, 2.75) is 57.8 Å². The number of nitrogens with zero attached hydrogens (tertiary/aromatic N) is 1. The number of hydrogen-bond acceptors (Lipinski definition) is 6. The minimum atomic E-state index is -1.03. The van der Waals surface area contributed by atoms with Crippen LogP contribution >= 0.6 is 11.8 Å². The Morgan fingerprint density at radius 3 is 2.50 bits per heavy atom. The highest BCUT2D eigenvalue weighted by molar-refractivity contribution is 7.98. The minimum Gasteiger partial charge on any atom is -0.480 e. The third kappa shape index (κ3) is 9.83. The molecule has 186 valence electrons. The first-order valence-electron chi connectivity index (χ1n) is 11.7. The van der Waals surface area contributed by atoms with Gasteiger partial charge in [0.2, 0.25) is 5.91 Å². The molecular formula is C26H37N3O4S. The number of carboxylic acid groups (broad SMARTS) is 1. The number of thioether (sulfide) groups is 1. The smallest absolute Gasteiger partial charge is 0.326 e. The summed E-state index contributed by atoms with van der Waals surface area (Å²) in [7, 11) is 0. The maximum Gasteiger partial charge on any atom is 0.326 e. The number of pyridine rings is 1. The Morgan fingerprint density at radius 2 is 1.88 bits per heavy atom. The lowest BCUT2D eigenvalue weighted by Gasteiger charge is -2.27. The fraction of sp³-hybridized carbons (Fsp3) is 0.500. The van der Waals surface area contributed by atoms with Gasteiger partial charge in [0.25, 0.3) is 0 Å². The summed E-state index contributed by atoms with van der Waals surface area (Å²) in [6.45, 7) is 5.26. The van der Waals surface area contributed by atoms with Crippen LogP contribution in [0.4, 0.5) is 0 Å². The van der Waals surface area contributed by atoms with E-state index in [0.29, 0.717) is 37.7 Å². The average Bonchev–Trinajstić information content (AvgIpc) is 2.86. The number of aromatic nitrogens is 1. The van der Waals surface area contributed by atoms with Gasteiger partial charge in [0, 0.05) is 31.4 Å². The number of hydrogen-bond donors (Lipinski definition) is 3. The molecular weight excluding hydrogens is 450 g/mol. The third-order valence-corrected chi connectivity index (χ3v) is 6.52. The number of carboxylic acids is 1. The van der Waals surface area contributed by atoms with Crippen molar-refractivity contribution < 1.29 is 19.4 Å². The number of amides is 1. The molecule has 4 atom stereocenters. The molecule has 0 aliphatic heterocycles. The molecule has 34 heavy (non-hydrogen) atoms. The first kappa shape index (κ1) is 27.8. The van der Waals surface area contributed by atoms with E-state index in [0.717, 1.165) is 17.5 Å². The van der Waals surface area contributed by atoms with Gasteiger partial charge in [0.05, 0.1) is 6.61 Å². The summed E-state index contributed by atoms with van der Waals surface area (Å²) in [4.78, 5) is 28.9. The van der Waals surface area contributed by atoms with Crippen LogP contribution in [0.25, 0.3) is 0 Å². The second-order valence-corrected chi connectivity index (χ2v) is 9.41. The Morgan fingerprint density at radius 1 is 1.15 bits per heavy atom. The fourth-order valence-electron chi connectivity index (χ4n) is 3.49. The first-order valence-corrected chi connectivity index (χ1v) is 13.1. The fourth-order valence-corrected chi connectivity index (χ4v) is 3.96. The van der Waals surface area contributed by atoms with Crippen LogP contribution in [0.3, 0.4) is 0 Å². The number of benzene rings is 1. The van der Waals surface area contributed by atoms with Gasteiger partial charge in [-0.15, -0.1) is 0 Å². The average molecular weight is 488 g/mol. The zero-order chi connectivity index (χ0) is 24.8. The Bertz CT molecular complexity index is 854. The van der Waals surface area contributed by atoms with Crippen LogP contribution in [-0.2, 0) is 27.3 Å². The van der Waals surface area contributed by atoms with E-state index in [2.05, 4.69) is 29.5 Å². The lowest BCUT2D eigenvalue weighted by Crippen LogP contribution is -2.48. The van der Waals surface area contributed by atoms with Crippen molar-refractivity contribution in [1.82, 2.24) is 15.6 Å². The summed E-state index contributed by atoms with van der Waals surface area (Å²) in [5.41, 5.74) is 2.04. The van der Waals surface area contributed by atoms with Gasteiger partial charge in [-0.25, -0.2) is 4.79 Å². The molecule has 0 aliphatic carbocycles. The van der Waals surface area contributed by atoms with Crippen LogP contribution in [0.15, 0.2) is 54.9 Å². The van der Waals surface area contributed by atoms with Crippen LogP contribution in [-0.4, -0.2) is 58.8 Å². The molecule has 8 heteroatoms. The van der Waals surface area contributed by atoms with Gasteiger partial charge in [-0.1, -0.05) is 56.7 Å². The number of carbonyl (C=O) groups excluding carboxylic acids is 1. The van der Waals surface area contributed by atoms with Crippen LogP contribution < -0.4 is 10.6 Å². The van der Waals surface area contributed by atoms with E-state index in [9.17, 15) is 14.7 Å². The molecule has 0 saturated carbocycles. The Hall–Kier alpha value is -2.42. The van der Waals surface area contributed by atoms with Gasteiger partial charge >= 0.3 is 5.97 Å². The summed E-state index contributed by atoms with van der Waals surface area (Å²) < 4.78 is 6.18. The molecule has 0 spiro atoms. The van der Waals surface area contributed by atoms with Gasteiger partial charge in [-0.05, 0) is 41.5 Å². The normalized spacial score (nSPS) is 14.7. The summed E-state index contributed by atoms with van der Waals surface area (Å²) in [5, 5.41) is 15.8. The molecule has 1 aromatic heterocycles. The molecule has 1 aromatic carbocycles. The lowest BCUT2D eigenvalue weighted by atomic mass is 9.99. The Kier molecular flexibility index (Phi) is 12.7. The number of nitrogens with one attached hydrogen (secondary N) is 2. The summed E-state index contributed by atoms with van der Waals surface area (Å²) in [6.07, 6.45) is 6.39. The van der Waals surface area contributed by atoms with Gasteiger partial charge in [0.15, 0.2) is 0 Å². The molecule has 2 rings (SSSR count). The summed E-state index contributed by atoms with van der Waals surface area (Å²) in [5.74, 6) is -0.454. The number of aliphatic carboxylic acids is 1. The van der Waals surface area contributed by atoms with Crippen LogP contribution in [0.5, 0.6) is 0 Å². The van der Waals surface area contributed by atoms with Gasteiger partial charge < -0.3 is 20.5 Å². The predicted octanol–water partition coefficient (Wildman–Crippen LogP) is 3.54. The second kappa shape index (κ2) is 15.5. The molecule has 0 radical (unpaired) electrons.